The lowest BCUT2D eigenvalue weighted by molar-refractivity contribution is -0.137. The molecule has 6 aliphatic rings. The number of benzene rings is 1. The molecular formula is C87H175N7O7S. The Hall–Kier alpha value is -2.62. The quantitative estimate of drug-likeness (QED) is 0.0640. The van der Waals surface area contributed by atoms with Crippen molar-refractivity contribution < 1.29 is 33.7 Å². The van der Waals surface area contributed by atoms with Gasteiger partial charge in [0.25, 0.3) is 0 Å². The first-order valence-electron chi connectivity index (χ1n) is 41.7. The molecule has 15 heteroatoms. The number of terminal acetylenes is 1. The number of ether oxygens (including phenoxy) is 3. The van der Waals surface area contributed by atoms with E-state index < -0.39 is 5.97 Å². The van der Waals surface area contributed by atoms with Crippen molar-refractivity contribution in [3.05, 3.63) is 35.9 Å². The van der Waals surface area contributed by atoms with Gasteiger partial charge in [0, 0.05) is 58.7 Å². The van der Waals surface area contributed by atoms with E-state index in [1.807, 2.05) is 32.0 Å². The molecule has 4 heterocycles. The molecule has 7 rings (SSSR count). The van der Waals surface area contributed by atoms with Gasteiger partial charge in [0.15, 0.2) is 0 Å². The van der Waals surface area contributed by atoms with Crippen LogP contribution < -0.4 is 5.32 Å². The monoisotopic (exact) mass is 1460 g/mol. The number of carbonyl (C=O) groups excluding carboxylic acids is 2. The Morgan fingerprint density at radius 2 is 1.23 bits per heavy atom. The summed E-state index contributed by atoms with van der Waals surface area (Å²) in [4.78, 5) is 46.6. The van der Waals surface area contributed by atoms with E-state index >= 15 is 0 Å². The number of rotatable bonds is 27. The van der Waals surface area contributed by atoms with Crippen LogP contribution in [0.3, 0.4) is 0 Å². The topological polar surface area (TPSA) is 131 Å². The van der Waals surface area contributed by atoms with Crippen LogP contribution in [0.5, 0.6) is 0 Å². The molecule has 4 saturated heterocycles. The second-order valence-electron chi connectivity index (χ2n) is 29.5. The summed E-state index contributed by atoms with van der Waals surface area (Å²) in [5.41, 5.74) is 0.962. The average molecular weight is 1460 g/mol. The van der Waals surface area contributed by atoms with Gasteiger partial charge < -0.3 is 49.1 Å². The number of nitrogens with zero attached hydrogens (tertiary/aromatic N) is 6. The number of carboxylic acid groups (broad SMARTS) is 1. The lowest BCUT2D eigenvalue weighted by Gasteiger charge is -2.39. The lowest BCUT2D eigenvalue weighted by atomic mass is 9.70. The molecular weight excluding hydrogens is 1290 g/mol. The third kappa shape index (κ3) is 74.2. The summed E-state index contributed by atoms with van der Waals surface area (Å²) >= 11 is 1.81. The molecule has 6 fully saturated rings. The van der Waals surface area contributed by atoms with E-state index in [9.17, 15) is 14.4 Å². The molecule has 1 aromatic carbocycles. The first-order valence-corrected chi connectivity index (χ1v) is 43.1. The largest absolute Gasteiger partial charge is 0.481 e. The number of hydrogen-bond donors (Lipinski definition) is 2. The van der Waals surface area contributed by atoms with Gasteiger partial charge in [0.05, 0.1) is 31.8 Å². The van der Waals surface area contributed by atoms with Crippen LogP contribution in [0, 0.1) is 30.1 Å². The maximum Gasteiger partial charge on any atom is 0.303 e. The van der Waals surface area contributed by atoms with Gasteiger partial charge in [-0.05, 0) is 246 Å². The molecule has 2 N–H and O–H groups in total. The van der Waals surface area contributed by atoms with Crippen molar-refractivity contribution in [1.82, 2.24) is 34.7 Å². The molecule has 4 aliphatic heterocycles. The molecule has 606 valence electrons. The minimum atomic E-state index is -0.693. The summed E-state index contributed by atoms with van der Waals surface area (Å²) < 4.78 is 15.1. The summed E-state index contributed by atoms with van der Waals surface area (Å²) in [5, 5.41) is 10.9. The third-order valence-electron chi connectivity index (χ3n) is 19.4. The smallest absolute Gasteiger partial charge is 0.303 e. The SMILES string of the molecule is C#CCCC.CC(=O)C1(c2ccccc2)CCN(C)CC1.CC1CC1C.CCC1CCCCN1C.CCCC1CCCCC1.CCCCC(=O)O.CCCCN(CC)CC.CCCN(C)C.CCCN1CCOCC1.CCCOCCOC.CN1CCCCCCC1.CSCC[C@H](C)NC(C)=O. The maximum absolute atomic E-state index is 12.0. The number of unbranched alkanes of at least 4 members (excludes halogenated alkanes) is 3. The van der Waals surface area contributed by atoms with Crippen molar-refractivity contribution in [2.75, 3.05) is 166 Å². The summed E-state index contributed by atoms with van der Waals surface area (Å²) in [6.07, 6.45) is 45.0. The van der Waals surface area contributed by atoms with Crippen molar-refractivity contribution in [2.45, 2.75) is 314 Å². The van der Waals surface area contributed by atoms with Crippen LogP contribution in [0.1, 0.15) is 302 Å². The van der Waals surface area contributed by atoms with Crippen LogP contribution in [0.4, 0.5) is 0 Å². The van der Waals surface area contributed by atoms with Gasteiger partial charge in [-0.1, -0.05) is 197 Å². The van der Waals surface area contributed by atoms with Crippen LogP contribution in [0.25, 0.3) is 0 Å². The number of carbonyl (C=O) groups is 3. The molecule has 0 spiro atoms. The normalized spacial score (nSPS) is 19.0. The molecule has 1 aromatic rings. The fourth-order valence-corrected chi connectivity index (χ4v) is 12.7. The minimum Gasteiger partial charge on any atom is -0.481 e. The van der Waals surface area contributed by atoms with E-state index in [-0.39, 0.29) is 11.3 Å². The number of amides is 1. The molecule has 3 unspecified atom stereocenters. The van der Waals surface area contributed by atoms with E-state index in [0.717, 1.165) is 134 Å². The highest BCUT2D eigenvalue weighted by atomic mass is 32.2. The molecule has 14 nitrogen and oxygen atoms in total. The van der Waals surface area contributed by atoms with Crippen LogP contribution in [0.15, 0.2) is 30.3 Å². The zero-order valence-electron chi connectivity index (χ0n) is 71.8. The number of methoxy groups -OCH3 is 1. The van der Waals surface area contributed by atoms with Gasteiger partial charge in [-0.25, -0.2) is 0 Å². The summed E-state index contributed by atoms with van der Waals surface area (Å²) in [7, 11) is 12.4. The number of piperidine rings is 2. The fraction of sp³-hybridized carbons (Fsp3) is 0.874. The molecule has 4 atom stereocenters. The standard InChI is InChI=1S/C14H19NO.C9H18.2C8H17N.C8H19N.C7H15NOS.C7H15NO.C6H14O2.C5H13N.C5H10O2.C5H10.C5H8/c1-12(16)14(8-10-15(2)11-9-14)13-6-4-3-5-7-13;1-2-6-9-7-4-3-5-8-9;1-9-7-5-3-2-4-6-8-9;1-3-8-6-4-5-7-9(8)2;1-4-7-8-9(5-2)6-3;1-6(4-5-10-3)8-7(2)9;1-2-3-8-4-6-9-7-5-8;1-3-4-8-6-5-7-2;1-4-5-6(2)3;1-2-3-4-5(6)7;1-4-3-5(4)2;1-3-5-4-2/h3-7H,8-11H2,1-2H3;9H,2-8H2,1H3;2-8H2,1H3;8H,3-7H2,1-2H3;4-8H2,1-3H3;6H,4-5H2,1-3H3,(H,8,9);2-7H2,1H3;3-6H2,1-2H3;4-5H2,1-3H3;2-4H2,1H3,(H,6,7);4-5H,3H2,1-2H3;1H,4-5H2,2H3/t;;;;;6-;;;;;;/m.....0....../s1. The Kier molecular flexibility index (Phi) is 85.7. The van der Waals surface area contributed by atoms with Crippen molar-refractivity contribution in [3.63, 3.8) is 0 Å². The van der Waals surface area contributed by atoms with Gasteiger partial charge in [-0.2, -0.15) is 11.8 Å². The van der Waals surface area contributed by atoms with Crippen molar-refractivity contribution in [3.8, 4) is 12.3 Å². The highest BCUT2D eigenvalue weighted by Gasteiger charge is 2.39. The summed E-state index contributed by atoms with van der Waals surface area (Å²) in [6, 6.07) is 11.5. The second kappa shape index (κ2) is 80.9. The van der Waals surface area contributed by atoms with Crippen LogP contribution in [-0.2, 0) is 34.0 Å². The predicted octanol–water partition coefficient (Wildman–Crippen LogP) is 19.9. The second-order valence-corrected chi connectivity index (χ2v) is 30.5. The average Bonchev–Trinajstić information content (AvgIpc) is 0.960. The van der Waals surface area contributed by atoms with E-state index in [2.05, 4.69) is 170 Å². The van der Waals surface area contributed by atoms with E-state index in [1.165, 1.54) is 193 Å². The number of aliphatic carboxylic acids is 1. The Morgan fingerprint density at radius 3 is 1.61 bits per heavy atom. The zero-order valence-corrected chi connectivity index (χ0v) is 72.6. The number of hydrogen-bond acceptors (Lipinski definition) is 13. The van der Waals surface area contributed by atoms with Gasteiger partial charge in [0.1, 0.15) is 5.78 Å². The Morgan fingerprint density at radius 1 is 0.686 bits per heavy atom. The molecule has 2 aliphatic carbocycles. The van der Waals surface area contributed by atoms with Crippen molar-refractivity contribution in [2.24, 2.45) is 17.8 Å². The predicted molar refractivity (Wildman–Crippen MR) is 450 cm³/mol. The molecule has 0 radical (unpaired) electrons. The highest BCUT2D eigenvalue weighted by molar-refractivity contribution is 7.98. The maximum atomic E-state index is 12.0. The number of thioether (sulfide) groups is 1. The van der Waals surface area contributed by atoms with Crippen LogP contribution in [0.2, 0.25) is 0 Å². The summed E-state index contributed by atoms with van der Waals surface area (Å²) in [6.45, 7) is 50.2. The van der Waals surface area contributed by atoms with Crippen LogP contribution >= 0.6 is 11.8 Å². The number of carboxylic acids is 1. The molecule has 0 bridgehead atoms. The molecule has 2 saturated carbocycles. The number of Topliss-reactive ketones (excluding diaryl/α,β-unsaturated/α-hetero) is 1. The van der Waals surface area contributed by atoms with Crippen molar-refractivity contribution >= 4 is 29.4 Å². The highest BCUT2D eigenvalue weighted by Crippen LogP contribution is 2.37. The van der Waals surface area contributed by atoms with Gasteiger partial charge >= 0.3 is 5.97 Å². The van der Waals surface area contributed by atoms with E-state index in [0.29, 0.717) is 24.9 Å². The number of likely N-dealkylation sites (tertiary alicyclic amines) is 3. The zero-order chi connectivity index (χ0) is 77.9. The number of ketones is 1. The molecule has 1 amide bonds. The molecule has 0 aromatic heterocycles. The first kappa shape index (κ1) is 108. The number of morpholine rings is 1. The van der Waals surface area contributed by atoms with Crippen molar-refractivity contribution in [1.29, 1.82) is 0 Å². The number of nitrogens with one attached hydrogen (secondary N) is 1. The van der Waals surface area contributed by atoms with Crippen LogP contribution in [-0.4, -0.2) is 230 Å². The van der Waals surface area contributed by atoms with Gasteiger partial charge in [-0.3, -0.25) is 19.3 Å². The van der Waals surface area contributed by atoms with E-state index in [1.54, 1.807) is 32.7 Å². The summed E-state index contributed by atoms with van der Waals surface area (Å²) in [5.74, 6) is 6.52. The third-order valence-corrected chi connectivity index (χ3v) is 20.1. The fourth-order valence-electron chi connectivity index (χ4n) is 12.1. The Labute approximate surface area is 640 Å². The van der Waals surface area contributed by atoms with E-state index in [4.69, 9.17) is 25.7 Å². The van der Waals surface area contributed by atoms with Gasteiger partial charge in [0.2, 0.25) is 5.91 Å². The Balaban J connectivity index is -0.000000340. The lowest BCUT2D eigenvalue weighted by Crippen LogP contribution is -2.45. The molecule has 102 heavy (non-hydrogen) atoms. The van der Waals surface area contributed by atoms with Gasteiger partial charge in [-0.15, -0.1) is 12.3 Å². The first-order chi connectivity index (χ1) is 48.9. The Bertz CT molecular complexity index is 1860. The minimum absolute atomic E-state index is 0.0635.